The highest BCUT2D eigenvalue weighted by Crippen LogP contribution is 2.49. The first-order valence-electron chi connectivity index (χ1n) is 19.8. The van der Waals surface area contributed by atoms with Crippen molar-refractivity contribution in [2.75, 3.05) is 38.5 Å². The van der Waals surface area contributed by atoms with Crippen LogP contribution < -0.4 is 20.3 Å². The molecule has 0 saturated carbocycles. The van der Waals surface area contributed by atoms with Gasteiger partial charge in [-0.25, -0.2) is 9.59 Å². The van der Waals surface area contributed by atoms with E-state index < -0.39 is 89.7 Å². The SMILES string of the molecule is COc1cc2cc(c1Cl)N(C)C(=O)C[C@H](OC(=O)[C@H](C)N(C)C(=O)c1ccc(NC(C)C)c(C(F)(F)F)c1)[C@]1(C)O[C@H]1[C@H](C)[C@@H]1C[C@@](O)(NC(=O)O1)[C@H](OC)/C=C/C=C(\C)C2. The number of aliphatic hydroxyl groups is 1. The maximum Gasteiger partial charge on any atom is 0.418 e. The third-order valence-electron chi connectivity index (χ3n) is 11.5. The first kappa shape index (κ1) is 47.2. The van der Waals surface area contributed by atoms with Crippen molar-refractivity contribution in [1.29, 1.82) is 0 Å². The number of carbonyl (C=O) groups is 4. The van der Waals surface area contributed by atoms with E-state index in [1.165, 1.54) is 46.2 Å². The Morgan fingerprint density at radius 3 is 2.46 bits per heavy atom. The Balaban J connectivity index is 1.51. The number of methoxy groups -OCH3 is 2. The number of epoxide rings is 1. The number of fused-ring (bicyclic) bond motifs is 5. The molecule has 4 bridgehead atoms. The van der Waals surface area contributed by atoms with Gasteiger partial charge in [0.1, 0.15) is 40.7 Å². The Kier molecular flexibility index (Phi) is 14.1. The predicted octanol–water partition coefficient (Wildman–Crippen LogP) is 6.67. The van der Waals surface area contributed by atoms with Gasteiger partial charge in [0.25, 0.3) is 5.91 Å². The molecule has 0 aliphatic carbocycles. The first-order chi connectivity index (χ1) is 28.4. The molecule has 0 aromatic heterocycles. The fraction of sp³-hybridized carbons (Fsp3) is 0.535. The number of nitrogens with one attached hydrogen (secondary N) is 2. The standard InChI is InChI=1S/C43H54ClF3N4O10/c1-22(2)48-29-15-14-27(19-28(29)43(45,46)47)38(53)50(7)25(5)39(54)60-34-20-35(52)51(8)30-17-26(18-31(57-9)36(30)44)16-23(3)12-11-13-33(58-10)42(56)21-32(59-40(55)49-42)24(4)37-41(34,6)61-37/h11-15,17-19,22,24-25,32-34,37,48,56H,16,20-21H2,1-10H3,(H,49,55)/b13-11+,23-12+/t24-,25+,32+,33-,34+,37+,41+,42+/m1/s1. The van der Waals surface area contributed by atoms with Crippen LogP contribution >= 0.6 is 11.6 Å². The highest BCUT2D eigenvalue weighted by Gasteiger charge is 2.64. The Morgan fingerprint density at radius 2 is 1.84 bits per heavy atom. The second-order valence-electron chi connectivity index (χ2n) is 16.4. The van der Waals surface area contributed by atoms with Gasteiger partial charge in [-0.2, -0.15) is 13.2 Å². The van der Waals surface area contributed by atoms with Crippen LogP contribution in [0.3, 0.4) is 0 Å². The molecule has 2 saturated heterocycles. The van der Waals surface area contributed by atoms with Crippen molar-refractivity contribution in [3.8, 4) is 5.75 Å². The number of hydrogen-bond donors (Lipinski definition) is 3. The van der Waals surface area contributed by atoms with Gasteiger partial charge in [0.05, 0.1) is 30.9 Å². The zero-order valence-electron chi connectivity index (χ0n) is 35.8. The number of halogens is 4. The van der Waals surface area contributed by atoms with Crippen molar-refractivity contribution in [3.05, 3.63) is 75.8 Å². The molecule has 3 aliphatic heterocycles. The van der Waals surface area contributed by atoms with Crippen LogP contribution in [0.4, 0.5) is 29.3 Å². The lowest BCUT2D eigenvalue weighted by Crippen LogP contribution is -2.63. The van der Waals surface area contributed by atoms with Gasteiger partial charge in [0, 0.05) is 50.8 Å². The number of allylic oxidation sites excluding steroid dienone is 3. The summed E-state index contributed by atoms with van der Waals surface area (Å²) < 4.78 is 71.3. The average Bonchev–Trinajstić information content (AvgIpc) is 3.89. The number of alkyl carbamates (subject to hydrolysis) is 1. The third-order valence-corrected chi connectivity index (χ3v) is 11.8. The van der Waals surface area contributed by atoms with E-state index in [4.69, 9.17) is 35.3 Å². The molecule has 2 fully saturated rings. The molecule has 0 unspecified atom stereocenters. The largest absolute Gasteiger partial charge is 0.495 e. The van der Waals surface area contributed by atoms with E-state index in [1.807, 2.05) is 13.0 Å². The molecule has 3 heterocycles. The summed E-state index contributed by atoms with van der Waals surface area (Å²) in [6.07, 6.45) is -4.83. The number of nitrogens with zero attached hydrogens (tertiary/aromatic N) is 2. The van der Waals surface area contributed by atoms with Gasteiger partial charge in [-0.1, -0.05) is 42.3 Å². The van der Waals surface area contributed by atoms with Crippen LogP contribution in [0.1, 0.15) is 75.9 Å². The molecule has 2 aromatic carbocycles. The molecule has 3 aliphatic rings. The molecule has 18 heteroatoms. The van der Waals surface area contributed by atoms with Crippen LogP contribution in [0, 0.1) is 5.92 Å². The summed E-state index contributed by atoms with van der Waals surface area (Å²) in [5, 5.41) is 17.1. The fourth-order valence-corrected chi connectivity index (χ4v) is 8.04. The van der Waals surface area contributed by atoms with Gasteiger partial charge in [-0.05, 0) is 76.9 Å². The summed E-state index contributed by atoms with van der Waals surface area (Å²) in [6.45, 7) is 9.92. The van der Waals surface area contributed by atoms with Crippen molar-refractivity contribution < 1.29 is 61.1 Å². The van der Waals surface area contributed by atoms with E-state index in [0.717, 1.165) is 28.2 Å². The molecule has 334 valence electrons. The van der Waals surface area contributed by atoms with Crippen molar-refractivity contribution in [2.45, 2.75) is 115 Å². The van der Waals surface area contributed by atoms with Gasteiger partial charge in [-0.15, -0.1) is 0 Å². The monoisotopic (exact) mass is 878 g/mol. The number of likely N-dealkylation sites (N-methyl/N-ethyl adjacent to an activating group) is 1. The van der Waals surface area contributed by atoms with Crippen LogP contribution in [0.15, 0.2) is 54.1 Å². The molecule has 61 heavy (non-hydrogen) atoms. The van der Waals surface area contributed by atoms with Crippen molar-refractivity contribution >= 4 is 46.9 Å². The lowest BCUT2D eigenvalue weighted by molar-refractivity contribution is -0.158. The minimum Gasteiger partial charge on any atom is -0.495 e. The van der Waals surface area contributed by atoms with Crippen molar-refractivity contribution in [1.82, 2.24) is 10.2 Å². The second kappa shape index (κ2) is 18.2. The van der Waals surface area contributed by atoms with Gasteiger partial charge in [0.2, 0.25) is 5.91 Å². The highest BCUT2D eigenvalue weighted by molar-refractivity contribution is 6.35. The van der Waals surface area contributed by atoms with Gasteiger partial charge >= 0.3 is 18.2 Å². The molecular weight excluding hydrogens is 825 g/mol. The topological polar surface area (TPSA) is 168 Å². The maximum atomic E-state index is 14.3. The minimum absolute atomic E-state index is 0.133. The number of esters is 1. The molecule has 3 N–H and O–H groups in total. The molecule has 14 nitrogen and oxygen atoms in total. The van der Waals surface area contributed by atoms with E-state index in [9.17, 15) is 37.5 Å². The number of alkyl halides is 3. The highest BCUT2D eigenvalue weighted by atomic mass is 35.5. The summed E-state index contributed by atoms with van der Waals surface area (Å²) in [4.78, 5) is 57.1. The molecular formula is C43H54ClF3N4O10. The van der Waals surface area contributed by atoms with E-state index in [0.29, 0.717) is 17.9 Å². The molecule has 0 radical (unpaired) electrons. The minimum atomic E-state index is -4.79. The number of ether oxygens (including phenoxy) is 5. The Labute approximate surface area is 358 Å². The molecule has 8 atom stereocenters. The number of hydrogen-bond acceptors (Lipinski definition) is 11. The number of carbonyl (C=O) groups excluding carboxylic acids is 4. The van der Waals surface area contributed by atoms with Gasteiger partial charge in [-0.3, -0.25) is 14.9 Å². The average molecular weight is 879 g/mol. The molecule has 0 spiro atoms. The first-order valence-corrected chi connectivity index (χ1v) is 20.2. The lowest BCUT2D eigenvalue weighted by Gasteiger charge is -2.42. The number of anilines is 2. The number of amides is 3. The number of rotatable bonds is 8. The van der Waals surface area contributed by atoms with Gasteiger partial charge in [0.15, 0.2) is 5.72 Å². The van der Waals surface area contributed by atoms with Crippen LogP contribution in [-0.2, 0) is 41.1 Å². The van der Waals surface area contributed by atoms with E-state index in [1.54, 1.807) is 52.0 Å². The van der Waals surface area contributed by atoms with Crippen molar-refractivity contribution in [2.24, 2.45) is 5.92 Å². The van der Waals surface area contributed by atoms with Crippen LogP contribution in [-0.4, -0.2) is 110 Å². The summed E-state index contributed by atoms with van der Waals surface area (Å²) >= 11 is 6.76. The summed E-state index contributed by atoms with van der Waals surface area (Å²) in [5.74, 6) is -2.76. The molecule has 2 aromatic rings. The smallest absolute Gasteiger partial charge is 0.418 e. The Hall–Kier alpha value is -4.84. The lowest BCUT2D eigenvalue weighted by atomic mass is 9.83. The van der Waals surface area contributed by atoms with Crippen LogP contribution in [0.2, 0.25) is 5.02 Å². The van der Waals surface area contributed by atoms with E-state index in [-0.39, 0.29) is 28.7 Å². The Bertz CT molecular complexity index is 2080. The predicted molar refractivity (Wildman–Crippen MR) is 220 cm³/mol. The summed E-state index contributed by atoms with van der Waals surface area (Å²) in [7, 11) is 5.59. The molecule has 3 amide bonds. The summed E-state index contributed by atoms with van der Waals surface area (Å²) in [5.41, 5.74) is -2.94. The summed E-state index contributed by atoms with van der Waals surface area (Å²) in [6, 6.07) is 4.90. The van der Waals surface area contributed by atoms with Crippen molar-refractivity contribution in [3.63, 3.8) is 0 Å². The fourth-order valence-electron chi connectivity index (χ4n) is 7.73. The maximum absolute atomic E-state index is 14.3. The van der Waals surface area contributed by atoms with Crippen LogP contribution in [0.5, 0.6) is 5.75 Å². The second-order valence-corrected chi connectivity index (χ2v) is 16.8. The molecule has 5 rings (SSSR count). The van der Waals surface area contributed by atoms with Crippen LogP contribution in [0.25, 0.3) is 0 Å². The van der Waals surface area contributed by atoms with E-state index >= 15 is 0 Å². The number of benzene rings is 2. The van der Waals surface area contributed by atoms with Gasteiger partial charge < -0.3 is 43.9 Å². The quantitative estimate of drug-likeness (QED) is 0.192. The van der Waals surface area contributed by atoms with E-state index in [2.05, 4.69) is 10.6 Å². The normalized spacial score (nSPS) is 29.0. The third kappa shape index (κ3) is 10.3. The Morgan fingerprint density at radius 1 is 1.15 bits per heavy atom. The zero-order chi connectivity index (χ0) is 45.4. The zero-order valence-corrected chi connectivity index (χ0v) is 36.6.